The minimum absolute atomic E-state index is 0.0809. The van der Waals surface area contributed by atoms with Crippen LogP contribution in [0.4, 0.5) is 17.1 Å². The minimum Gasteiger partial charge on any atom is -0.303 e. The number of para-hydroxylation sites is 2. The van der Waals surface area contributed by atoms with Gasteiger partial charge in [-0.25, -0.2) is 0 Å². The van der Waals surface area contributed by atoms with E-state index in [0.717, 1.165) is 0 Å². The van der Waals surface area contributed by atoms with Gasteiger partial charge in [0, 0.05) is 23.4 Å². The first-order chi connectivity index (χ1) is 9.50. The van der Waals surface area contributed by atoms with E-state index in [0.29, 0.717) is 16.4 Å². The standard InChI is InChI=1S/C13H12ClN2O3P/c1-20(19)15(11-8-6-10(14)7-9-11)12-4-2-3-5-13(12)16(17)18/h2-9,20H,1H3. The summed E-state index contributed by atoms with van der Waals surface area (Å²) in [5.41, 5.74) is 0.837. The Morgan fingerprint density at radius 1 is 1.15 bits per heavy atom. The van der Waals surface area contributed by atoms with Crippen molar-refractivity contribution in [3.8, 4) is 0 Å². The summed E-state index contributed by atoms with van der Waals surface area (Å²) in [4.78, 5) is 10.6. The van der Waals surface area contributed by atoms with Gasteiger partial charge in [-0.2, -0.15) is 0 Å². The van der Waals surface area contributed by atoms with Crippen LogP contribution < -0.4 is 4.67 Å². The molecule has 7 heteroatoms. The van der Waals surface area contributed by atoms with E-state index in [-0.39, 0.29) is 5.69 Å². The molecule has 2 rings (SSSR count). The Morgan fingerprint density at radius 2 is 1.75 bits per heavy atom. The van der Waals surface area contributed by atoms with Crippen molar-refractivity contribution in [3.05, 3.63) is 63.7 Å². The lowest BCUT2D eigenvalue weighted by Gasteiger charge is -2.22. The van der Waals surface area contributed by atoms with Crippen molar-refractivity contribution in [2.45, 2.75) is 0 Å². The normalized spacial score (nSPS) is 11.9. The maximum atomic E-state index is 12.1. The second kappa shape index (κ2) is 6.07. The van der Waals surface area contributed by atoms with Crippen molar-refractivity contribution in [1.82, 2.24) is 0 Å². The van der Waals surface area contributed by atoms with Crippen molar-refractivity contribution in [2.24, 2.45) is 0 Å². The summed E-state index contributed by atoms with van der Waals surface area (Å²) >= 11 is 5.83. The largest absolute Gasteiger partial charge is 0.303 e. The molecule has 20 heavy (non-hydrogen) atoms. The van der Waals surface area contributed by atoms with Gasteiger partial charge in [0.05, 0.1) is 4.92 Å². The van der Waals surface area contributed by atoms with E-state index >= 15 is 0 Å². The van der Waals surface area contributed by atoms with Gasteiger partial charge in [0.1, 0.15) is 5.69 Å². The van der Waals surface area contributed by atoms with Gasteiger partial charge in [0.25, 0.3) is 5.69 Å². The van der Waals surface area contributed by atoms with Gasteiger partial charge in [-0.3, -0.25) is 14.8 Å². The molecule has 0 aliphatic carbocycles. The molecule has 0 heterocycles. The van der Waals surface area contributed by atoms with E-state index in [9.17, 15) is 14.7 Å². The lowest BCUT2D eigenvalue weighted by Crippen LogP contribution is -2.08. The Morgan fingerprint density at radius 3 is 2.30 bits per heavy atom. The summed E-state index contributed by atoms with van der Waals surface area (Å²) in [6.07, 6.45) is 0. The van der Waals surface area contributed by atoms with Crippen LogP contribution in [0.15, 0.2) is 48.5 Å². The maximum Gasteiger partial charge on any atom is 0.293 e. The molecule has 5 nitrogen and oxygen atoms in total. The molecule has 0 fully saturated rings. The molecule has 0 amide bonds. The van der Waals surface area contributed by atoms with Crippen LogP contribution in [-0.2, 0) is 4.57 Å². The van der Waals surface area contributed by atoms with Crippen molar-refractivity contribution in [1.29, 1.82) is 0 Å². The van der Waals surface area contributed by atoms with Crippen LogP contribution in [0.5, 0.6) is 0 Å². The smallest absolute Gasteiger partial charge is 0.293 e. The second-order valence-electron chi connectivity index (χ2n) is 4.08. The molecule has 2 aromatic carbocycles. The fourth-order valence-corrected chi connectivity index (χ4v) is 3.06. The maximum absolute atomic E-state index is 12.1. The molecule has 0 spiro atoms. The number of anilines is 2. The van der Waals surface area contributed by atoms with Gasteiger partial charge in [-0.1, -0.05) is 23.7 Å². The molecule has 1 unspecified atom stereocenters. The van der Waals surface area contributed by atoms with Crippen LogP contribution in [-0.4, -0.2) is 11.6 Å². The Bertz CT molecular complexity index is 661. The van der Waals surface area contributed by atoms with Gasteiger partial charge in [-0.15, -0.1) is 0 Å². The summed E-state index contributed by atoms with van der Waals surface area (Å²) in [5, 5.41) is 11.6. The quantitative estimate of drug-likeness (QED) is 0.474. The van der Waals surface area contributed by atoms with Gasteiger partial charge >= 0.3 is 0 Å². The average Bonchev–Trinajstić information content (AvgIpc) is 2.41. The first-order valence-corrected chi connectivity index (χ1v) is 8.03. The highest BCUT2D eigenvalue weighted by Crippen LogP contribution is 2.43. The van der Waals surface area contributed by atoms with Gasteiger partial charge in [0.15, 0.2) is 7.95 Å². The number of rotatable bonds is 4. The number of hydrogen-bond donors (Lipinski definition) is 0. The summed E-state index contributed by atoms with van der Waals surface area (Å²) in [6, 6.07) is 12.9. The zero-order valence-electron chi connectivity index (χ0n) is 10.6. The number of hydrogen-bond acceptors (Lipinski definition) is 3. The Labute approximate surface area is 121 Å². The van der Waals surface area contributed by atoms with E-state index in [1.807, 2.05) is 0 Å². The van der Waals surface area contributed by atoms with Crippen molar-refractivity contribution in [3.63, 3.8) is 0 Å². The van der Waals surface area contributed by atoms with Crippen molar-refractivity contribution < 1.29 is 9.49 Å². The fourth-order valence-electron chi connectivity index (χ4n) is 1.89. The first kappa shape index (κ1) is 14.6. The highest BCUT2D eigenvalue weighted by Gasteiger charge is 2.22. The van der Waals surface area contributed by atoms with Gasteiger partial charge in [-0.05, 0) is 30.3 Å². The third kappa shape index (κ3) is 3.00. The topological polar surface area (TPSA) is 63.5 Å². The van der Waals surface area contributed by atoms with Crippen LogP contribution >= 0.6 is 19.6 Å². The highest BCUT2D eigenvalue weighted by atomic mass is 35.5. The molecule has 0 aliphatic rings. The Balaban J connectivity index is 2.58. The molecular formula is C13H12ClN2O3P. The van der Waals surface area contributed by atoms with E-state index < -0.39 is 12.9 Å². The third-order valence-corrected chi connectivity index (χ3v) is 4.10. The monoisotopic (exact) mass is 310 g/mol. The number of benzene rings is 2. The lowest BCUT2D eigenvalue weighted by molar-refractivity contribution is -0.384. The van der Waals surface area contributed by atoms with Crippen LogP contribution in [0.2, 0.25) is 5.02 Å². The number of nitro benzene ring substituents is 1. The fraction of sp³-hybridized carbons (Fsp3) is 0.0769. The Kier molecular flexibility index (Phi) is 4.42. The van der Waals surface area contributed by atoms with Crippen LogP contribution in [0.3, 0.4) is 0 Å². The molecule has 1 atom stereocenters. The van der Waals surface area contributed by atoms with Crippen LogP contribution in [0, 0.1) is 10.1 Å². The van der Waals surface area contributed by atoms with Crippen LogP contribution in [0.1, 0.15) is 0 Å². The molecular weight excluding hydrogens is 299 g/mol. The SMILES string of the molecule is C[PH](=O)N(c1ccc(Cl)cc1)c1ccccc1[N+](=O)[O-]. The summed E-state index contributed by atoms with van der Waals surface area (Å²) < 4.78 is 13.5. The second-order valence-corrected chi connectivity index (χ2v) is 6.00. The third-order valence-electron chi connectivity index (χ3n) is 2.72. The molecule has 0 aliphatic heterocycles. The molecule has 0 N–H and O–H groups in total. The number of nitro groups is 1. The highest BCUT2D eigenvalue weighted by molar-refractivity contribution is 7.46. The minimum atomic E-state index is -2.21. The first-order valence-electron chi connectivity index (χ1n) is 5.80. The van der Waals surface area contributed by atoms with E-state index in [4.69, 9.17) is 11.6 Å². The molecule has 104 valence electrons. The van der Waals surface area contributed by atoms with E-state index in [1.165, 1.54) is 17.4 Å². The zero-order valence-corrected chi connectivity index (χ0v) is 12.4. The predicted octanol–water partition coefficient (Wildman–Crippen LogP) is 4.49. The van der Waals surface area contributed by atoms with Crippen molar-refractivity contribution in [2.75, 3.05) is 11.3 Å². The van der Waals surface area contributed by atoms with E-state index in [2.05, 4.69) is 0 Å². The number of nitrogens with zero attached hydrogens (tertiary/aromatic N) is 2. The average molecular weight is 311 g/mol. The number of halogens is 1. The predicted molar refractivity (Wildman–Crippen MR) is 81.6 cm³/mol. The zero-order chi connectivity index (χ0) is 14.7. The lowest BCUT2D eigenvalue weighted by atomic mass is 10.2. The van der Waals surface area contributed by atoms with Gasteiger partial charge < -0.3 is 4.57 Å². The Hall–Kier alpha value is -1.84. The van der Waals surface area contributed by atoms with Gasteiger partial charge in [0.2, 0.25) is 0 Å². The van der Waals surface area contributed by atoms with E-state index in [1.54, 1.807) is 42.5 Å². The molecule has 0 aromatic heterocycles. The molecule has 0 bridgehead atoms. The molecule has 2 aromatic rings. The molecule has 0 saturated heterocycles. The molecule has 0 saturated carbocycles. The molecule has 0 radical (unpaired) electrons. The van der Waals surface area contributed by atoms with Crippen molar-refractivity contribution >= 4 is 36.6 Å². The summed E-state index contributed by atoms with van der Waals surface area (Å²) in [7, 11) is -2.21. The summed E-state index contributed by atoms with van der Waals surface area (Å²) in [6.45, 7) is 1.54. The summed E-state index contributed by atoms with van der Waals surface area (Å²) in [5.74, 6) is 0. The van der Waals surface area contributed by atoms with Crippen LogP contribution in [0.25, 0.3) is 0 Å².